The zero-order valence-electron chi connectivity index (χ0n) is 21.6. The molecule has 4 rings (SSSR count). The number of alkyl halides is 3. The number of ketones is 1. The Morgan fingerprint density at radius 1 is 0.975 bits per heavy atom. The van der Waals surface area contributed by atoms with Crippen LogP contribution in [0.4, 0.5) is 23.7 Å². The number of anilines is 1. The zero-order valence-corrected chi connectivity index (χ0v) is 21.6. The van der Waals surface area contributed by atoms with Gasteiger partial charge >= 0.3 is 12.2 Å². The van der Waals surface area contributed by atoms with Gasteiger partial charge in [-0.25, -0.2) is 4.79 Å². The Balaban J connectivity index is 1.54. The predicted molar refractivity (Wildman–Crippen MR) is 142 cm³/mol. The van der Waals surface area contributed by atoms with E-state index in [0.29, 0.717) is 16.8 Å². The van der Waals surface area contributed by atoms with Crippen LogP contribution in [-0.2, 0) is 15.8 Å². The molecule has 0 aromatic heterocycles. The molecule has 0 fully saturated rings. The van der Waals surface area contributed by atoms with E-state index in [1.54, 1.807) is 43.3 Å². The maximum Gasteiger partial charge on any atom is 0.416 e. The van der Waals surface area contributed by atoms with E-state index in [4.69, 9.17) is 9.47 Å². The van der Waals surface area contributed by atoms with Gasteiger partial charge < -0.3 is 20.1 Å². The minimum absolute atomic E-state index is 0.0250. The third kappa shape index (κ3) is 6.66. The third-order valence-corrected chi connectivity index (χ3v) is 6.10. The summed E-state index contributed by atoms with van der Waals surface area (Å²) in [5.41, 5.74) is 0.648. The van der Waals surface area contributed by atoms with Crippen LogP contribution in [0.5, 0.6) is 11.5 Å². The first-order chi connectivity index (χ1) is 19.1. The monoisotopic (exact) mass is 553 g/mol. The first-order valence-corrected chi connectivity index (χ1v) is 12.4. The number of nitrogens with one attached hydrogen (secondary N) is 2. The van der Waals surface area contributed by atoms with Gasteiger partial charge in [0.25, 0.3) is 5.91 Å². The van der Waals surface area contributed by atoms with Gasteiger partial charge in [0.1, 0.15) is 5.78 Å². The maximum atomic E-state index is 13.0. The van der Waals surface area contributed by atoms with Gasteiger partial charge in [0, 0.05) is 5.69 Å². The smallest absolute Gasteiger partial charge is 0.416 e. The van der Waals surface area contributed by atoms with Crippen molar-refractivity contribution in [3.63, 3.8) is 0 Å². The number of urea groups is 1. The van der Waals surface area contributed by atoms with Crippen molar-refractivity contribution in [1.82, 2.24) is 5.32 Å². The van der Waals surface area contributed by atoms with Gasteiger partial charge in [-0.1, -0.05) is 42.5 Å². The summed E-state index contributed by atoms with van der Waals surface area (Å²) in [5, 5.41) is 5.14. The molecular weight excluding hydrogens is 527 g/mol. The number of benzene rings is 3. The van der Waals surface area contributed by atoms with Crippen LogP contribution in [0.2, 0.25) is 0 Å². The van der Waals surface area contributed by atoms with Gasteiger partial charge in [-0.05, 0) is 55.3 Å². The summed E-state index contributed by atoms with van der Waals surface area (Å²) in [6.45, 7) is 2.92. The van der Waals surface area contributed by atoms with Crippen molar-refractivity contribution in [3.05, 3.63) is 89.5 Å². The highest BCUT2D eigenvalue weighted by atomic mass is 19.4. The molecule has 0 spiro atoms. The second kappa shape index (κ2) is 12.0. The highest BCUT2D eigenvalue weighted by Gasteiger charge is 2.38. The minimum Gasteiger partial charge on any atom is -0.490 e. The Morgan fingerprint density at radius 2 is 1.73 bits per heavy atom. The molecule has 3 amide bonds. The Morgan fingerprint density at radius 3 is 2.40 bits per heavy atom. The third-order valence-electron chi connectivity index (χ3n) is 6.10. The van der Waals surface area contributed by atoms with Crippen LogP contribution in [0.15, 0.2) is 77.8 Å². The number of ether oxygens (including phenoxy) is 2. The topological polar surface area (TPSA) is 106 Å². The van der Waals surface area contributed by atoms with E-state index < -0.39 is 42.2 Å². The summed E-state index contributed by atoms with van der Waals surface area (Å²) < 4.78 is 50.2. The molecule has 0 saturated heterocycles. The van der Waals surface area contributed by atoms with Crippen LogP contribution in [-0.4, -0.2) is 36.6 Å². The first kappa shape index (κ1) is 28.3. The average molecular weight is 554 g/mol. The number of halogens is 3. The van der Waals surface area contributed by atoms with Gasteiger partial charge in [-0.2, -0.15) is 18.2 Å². The second-order valence-electron chi connectivity index (χ2n) is 8.93. The molecule has 3 aromatic rings. The minimum atomic E-state index is -4.54. The highest BCUT2D eigenvalue weighted by molar-refractivity contribution is 6.18. The Hall–Kier alpha value is -4.67. The fourth-order valence-electron chi connectivity index (χ4n) is 4.36. The largest absolute Gasteiger partial charge is 0.490 e. The van der Waals surface area contributed by atoms with E-state index in [1.165, 1.54) is 25.1 Å². The molecule has 1 aliphatic rings. The molecule has 0 aliphatic carbocycles. The molecule has 11 heteroatoms. The Kier molecular flexibility index (Phi) is 8.52. The molecule has 3 aromatic carbocycles. The van der Waals surface area contributed by atoms with Crippen molar-refractivity contribution in [1.29, 1.82) is 0 Å². The molecule has 2 unspecified atom stereocenters. The van der Waals surface area contributed by atoms with Crippen LogP contribution in [0.25, 0.3) is 0 Å². The summed E-state index contributed by atoms with van der Waals surface area (Å²) in [6, 6.07) is 16.7. The molecule has 0 radical (unpaired) electrons. The van der Waals surface area contributed by atoms with Crippen LogP contribution < -0.4 is 20.1 Å². The number of nitrogens with zero attached hydrogens (tertiary/aromatic N) is 1. The van der Waals surface area contributed by atoms with Crippen molar-refractivity contribution in [2.24, 2.45) is 10.9 Å². The summed E-state index contributed by atoms with van der Waals surface area (Å²) >= 11 is 0. The SMILES string of the molecule is CCOc1cc(C2NC(=O)N=C(c3ccccc3)C2C(C)=O)ccc1OCC(=O)Nc1cccc(C(F)(F)F)c1. The lowest BCUT2D eigenvalue weighted by molar-refractivity contribution is -0.137. The number of hydrogen-bond donors (Lipinski definition) is 2. The lowest BCUT2D eigenvalue weighted by atomic mass is 9.82. The number of aliphatic imine (C=N–C) groups is 1. The normalized spacial score (nSPS) is 16.9. The van der Waals surface area contributed by atoms with E-state index >= 15 is 0 Å². The van der Waals surface area contributed by atoms with Crippen LogP contribution in [0.3, 0.4) is 0 Å². The van der Waals surface area contributed by atoms with Crippen molar-refractivity contribution < 1.29 is 37.0 Å². The van der Waals surface area contributed by atoms with Crippen molar-refractivity contribution in [3.8, 4) is 11.5 Å². The molecule has 0 bridgehead atoms. The quantitative estimate of drug-likeness (QED) is 0.360. The number of rotatable bonds is 9. The number of Topliss-reactive ketones (excluding diaryl/α,β-unsaturated/α-hetero) is 1. The number of carbonyl (C=O) groups is 3. The van der Waals surface area contributed by atoms with Gasteiger partial charge in [0.05, 0.1) is 29.8 Å². The number of amides is 3. The molecule has 8 nitrogen and oxygen atoms in total. The van der Waals surface area contributed by atoms with Crippen LogP contribution in [0.1, 0.15) is 36.6 Å². The second-order valence-corrected chi connectivity index (χ2v) is 8.93. The highest BCUT2D eigenvalue weighted by Crippen LogP contribution is 2.36. The first-order valence-electron chi connectivity index (χ1n) is 12.4. The molecule has 208 valence electrons. The number of carbonyl (C=O) groups excluding carboxylic acids is 3. The zero-order chi connectivity index (χ0) is 28.9. The molecule has 40 heavy (non-hydrogen) atoms. The van der Waals surface area contributed by atoms with E-state index in [2.05, 4.69) is 15.6 Å². The van der Waals surface area contributed by atoms with Crippen molar-refractivity contribution in [2.75, 3.05) is 18.5 Å². The standard InChI is InChI=1S/C29H26F3N3O5/c1-3-39-23-14-19(27-25(17(2)36)26(34-28(38)35-27)18-8-5-4-6-9-18)12-13-22(23)40-16-24(37)33-21-11-7-10-20(15-21)29(30,31)32/h4-15,25,27H,3,16H2,1-2H3,(H,33,37)(H,35,38). The van der Waals surface area contributed by atoms with E-state index in [1.807, 2.05) is 6.07 Å². The van der Waals surface area contributed by atoms with Crippen LogP contribution in [0, 0.1) is 5.92 Å². The molecule has 2 N–H and O–H groups in total. The van der Waals surface area contributed by atoms with E-state index in [0.717, 1.165) is 12.1 Å². The number of hydrogen-bond acceptors (Lipinski definition) is 5. The van der Waals surface area contributed by atoms with Crippen molar-refractivity contribution in [2.45, 2.75) is 26.1 Å². The summed E-state index contributed by atoms with van der Waals surface area (Å²) in [7, 11) is 0. The van der Waals surface area contributed by atoms with E-state index in [9.17, 15) is 27.6 Å². The van der Waals surface area contributed by atoms with Crippen molar-refractivity contribution >= 4 is 29.1 Å². The molecular formula is C29H26F3N3O5. The van der Waals surface area contributed by atoms with Crippen LogP contribution >= 0.6 is 0 Å². The van der Waals surface area contributed by atoms with Gasteiger partial charge in [-0.3, -0.25) is 9.59 Å². The predicted octanol–water partition coefficient (Wildman–Crippen LogP) is 5.58. The maximum absolute atomic E-state index is 13.0. The molecule has 2 atom stereocenters. The summed E-state index contributed by atoms with van der Waals surface area (Å²) in [6.07, 6.45) is -4.54. The Bertz CT molecular complexity index is 1440. The average Bonchev–Trinajstić information content (AvgIpc) is 2.92. The van der Waals surface area contributed by atoms with Gasteiger partial charge in [-0.15, -0.1) is 0 Å². The summed E-state index contributed by atoms with van der Waals surface area (Å²) in [5.74, 6) is -1.18. The lowest BCUT2D eigenvalue weighted by Gasteiger charge is -2.31. The molecule has 0 saturated carbocycles. The molecule has 1 aliphatic heterocycles. The lowest BCUT2D eigenvalue weighted by Crippen LogP contribution is -2.44. The fraction of sp³-hybridized carbons (Fsp3) is 0.241. The van der Waals surface area contributed by atoms with Gasteiger partial charge in [0.15, 0.2) is 18.1 Å². The van der Waals surface area contributed by atoms with Gasteiger partial charge in [0.2, 0.25) is 0 Å². The fourth-order valence-corrected chi connectivity index (χ4v) is 4.36. The Labute approximate surface area is 228 Å². The van der Waals surface area contributed by atoms with E-state index in [-0.39, 0.29) is 29.6 Å². The molecule has 1 heterocycles. The summed E-state index contributed by atoms with van der Waals surface area (Å²) in [4.78, 5) is 41.8.